The molecule has 3 heteroatoms. The van der Waals surface area contributed by atoms with E-state index in [1.165, 1.54) is 44.9 Å². The van der Waals surface area contributed by atoms with E-state index in [0.29, 0.717) is 11.3 Å². The minimum atomic E-state index is 0.619. The molecule has 0 unspecified atom stereocenters. The van der Waals surface area contributed by atoms with Crippen molar-refractivity contribution in [2.75, 3.05) is 18.6 Å². The van der Waals surface area contributed by atoms with E-state index in [1.807, 2.05) is 30.3 Å². The van der Waals surface area contributed by atoms with Gasteiger partial charge in [0.1, 0.15) is 5.76 Å². The van der Waals surface area contributed by atoms with Crippen molar-refractivity contribution in [1.29, 1.82) is 0 Å². The minimum absolute atomic E-state index is 0.619. The van der Waals surface area contributed by atoms with Crippen molar-refractivity contribution in [3.05, 3.63) is 59.7 Å². The number of carbonyl (C=O) groups excluding carboxylic acids is 1. The third-order valence-corrected chi connectivity index (χ3v) is 5.73. The highest BCUT2D eigenvalue weighted by atomic mass is 16.5. The van der Waals surface area contributed by atoms with E-state index >= 15 is 0 Å². The molecule has 2 aromatic carbocycles. The number of para-hydroxylation sites is 2. The molecule has 0 fully saturated rings. The fourth-order valence-electron chi connectivity index (χ4n) is 4.22. The predicted octanol–water partition coefficient (Wildman–Crippen LogP) is 6.99. The van der Waals surface area contributed by atoms with Crippen molar-refractivity contribution in [2.24, 2.45) is 0 Å². The van der Waals surface area contributed by atoms with E-state index in [1.54, 1.807) is 7.11 Å². The number of fused-ring (bicyclic) bond motifs is 2. The van der Waals surface area contributed by atoms with Gasteiger partial charge in [0.2, 0.25) is 0 Å². The number of unbranched alkanes of at least 4 members (excludes halogenated alkanes) is 7. The third-order valence-electron chi connectivity index (χ3n) is 5.73. The molecule has 29 heavy (non-hydrogen) atoms. The van der Waals surface area contributed by atoms with E-state index in [2.05, 4.69) is 30.0 Å². The van der Waals surface area contributed by atoms with Gasteiger partial charge in [-0.2, -0.15) is 0 Å². The van der Waals surface area contributed by atoms with E-state index in [-0.39, 0.29) is 0 Å². The normalized spacial score (nSPS) is 13.0. The van der Waals surface area contributed by atoms with Crippen LogP contribution in [-0.2, 0) is 9.53 Å². The smallest absolute Gasteiger partial charge is 0.154 e. The third kappa shape index (κ3) is 4.90. The molecule has 0 spiro atoms. The van der Waals surface area contributed by atoms with Crippen LogP contribution in [0, 0.1) is 0 Å². The summed E-state index contributed by atoms with van der Waals surface area (Å²) in [6.07, 6.45) is 11.3. The first-order valence-corrected chi connectivity index (χ1v) is 11.0. The molecule has 1 aliphatic rings. The first kappa shape index (κ1) is 21.2. The zero-order valence-corrected chi connectivity index (χ0v) is 17.8. The van der Waals surface area contributed by atoms with E-state index in [4.69, 9.17) is 4.74 Å². The summed E-state index contributed by atoms with van der Waals surface area (Å²) in [5.41, 5.74) is 4.73. The molecular formula is C26H33NO2. The zero-order chi connectivity index (χ0) is 20.5. The summed E-state index contributed by atoms with van der Waals surface area (Å²) in [5.74, 6) is 0.654. The predicted molar refractivity (Wildman–Crippen MR) is 122 cm³/mol. The van der Waals surface area contributed by atoms with Crippen LogP contribution in [-0.4, -0.2) is 19.9 Å². The van der Waals surface area contributed by atoms with Crippen molar-refractivity contribution in [2.45, 2.75) is 58.3 Å². The zero-order valence-electron chi connectivity index (χ0n) is 17.8. The summed E-state index contributed by atoms with van der Waals surface area (Å²) < 4.78 is 5.72. The van der Waals surface area contributed by atoms with Crippen LogP contribution in [0.2, 0.25) is 0 Å². The molecule has 0 saturated carbocycles. The summed E-state index contributed by atoms with van der Waals surface area (Å²) in [5, 5.41) is 0. The van der Waals surface area contributed by atoms with Gasteiger partial charge < -0.3 is 9.64 Å². The lowest BCUT2D eigenvalue weighted by atomic mass is 10.0. The second kappa shape index (κ2) is 10.8. The molecule has 0 saturated heterocycles. The van der Waals surface area contributed by atoms with Crippen LogP contribution in [0.1, 0.15) is 69.4 Å². The number of carbonyl (C=O) groups is 1. The van der Waals surface area contributed by atoms with Crippen LogP contribution in [0.25, 0.3) is 11.3 Å². The summed E-state index contributed by atoms with van der Waals surface area (Å²) in [4.78, 5) is 14.4. The van der Waals surface area contributed by atoms with Gasteiger partial charge in [0, 0.05) is 23.4 Å². The first-order chi connectivity index (χ1) is 14.3. The lowest BCUT2D eigenvalue weighted by Crippen LogP contribution is -2.20. The van der Waals surface area contributed by atoms with Crippen molar-refractivity contribution in [3.63, 3.8) is 0 Å². The maximum absolute atomic E-state index is 12.0. The molecule has 0 aliphatic carbocycles. The van der Waals surface area contributed by atoms with Gasteiger partial charge in [0.15, 0.2) is 6.29 Å². The Kier molecular flexibility index (Phi) is 7.92. The molecule has 3 rings (SSSR count). The molecule has 1 heterocycles. The van der Waals surface area contributed by atoms with Crippen LogP contribution in [0.15, 0.2) is 48.5 Å². The standard InChI is InChI=1S/C26H33NO2/c1-3-4-5-6-7-8-9-14-19-27-24-17-12-10-15-21(24)23(20-28)26(29-2)22-16-11-13-18-25(22)27/h10-13,15-18,20H,3-9,14,19H2,1-2H3. The number of hydrogen-bond donors (Lipinski definition) is 0. The van der Waals surface area contributed by atoms with Crippen molar-refractivity contribution in [1.82, 2.24) is 0 Å². The Balaban J connectivity index is 1.81. The largest absolute Gasteiger partial charge is 0.495 e. The highest BCUT2D eigenvalue weighted by Gasteiger charge is 2.26. The topological polar surface area (TPSA) is 29.5 Å². The molecule has 0 amide bonds. The number of aldehydes is 1. The number of methoxy groups -OCH3 is 1. The average molecular weight is 392 g/mol. The quantitative estimate of drug-likeness (QED) is 0.305. The highest BCUT2D eigenvalue weighted by Crippen LogP contribution is 2.43. The molecule has 0 aromatic heterocycles. The van der Waals surface area contributed by atoms with Crippen LogP contribution in [0.5, 0.6) is 0 Å². The van der Waals surface area contributed by atoms with Gasteiger partial charge >= 0.3 is 0 Å². The summed E-state index contributed by atoms with van der Waals surface area (Å²) in [7, 11) is 1.65. The molecule has 0 bridgehead atoms. The fourth-order valence-corrected chi connectivity index (χ4v) is 4.22. The molecule has 0 atom stereocenters. The number of anilines is 2. The van der Waals surface area contributed by atoms with Crippen LogP contribution in [0.3, 0.4) is 0 Å². The number of ether oxygens (including phenoxy) is 1. The first-order valence-electron chi connectivity index (χ1n) is 11.0. The molecule has 1 aliphatic heterocycles. The Morgan fingerprint density at radius 1 is 0.793 bits per heavy atom. The summed E-state index contributed by atoms with van der Waals surface area (Å²) in [6.45, 7) is 3.20. The van der Waals surface area contributed by atoms with Gasteiger partial charge in [0.25, 0.3) is 0 Å². The van der Waals surface area contributed by atoms with Crippen LogP contribution >= 0.6 is 0 Å². The Morgan fingerprint density at radius 3 is 1.97 bits per heavy atom. The van der Waals surface area contributed by atoms with Crippen LogP contribution < -0.4 is 4.90 Å². The van der Waals surface area contributed by atoms with Gasteiger partial charge in [-0.3, -0.25) is 4.79 Å². The second-order valence-electron chi connectivity index (χ2n) is 7.73. The second-order valence-corrected chi connectivity index (χ2v) is 7.73. The monoisotopic (exact) mass is 391 g/mol. The Hall–Kier alpha value is -2.55. The maximum atomic E-state index is 12.0. The Morgan fingerprint density at radius 2 is 1.34 bits per heavy atom. The van der Waals surface area contributed by atoms with E-state index in [0.717, 1.165) is 41.8 Å². The van der Waals surface area contributed by atoms with Crippen LogP contribution in [0.4, 0.5) is 11.4 Å². The van der Waals surface area contributed by atoms with Crippen molar-refractivity contribution < 1.29 is 9.53 Å². The molecule has 2 aromatic rings. The van der Waals surface area contributed by atoms with Crippen molar-refractivity contribution >= 4 is 29.0 Å². The minimum Gasteiger partial charge on any atom is -0.495 e. The molecular weight excluding hydrogens is 358 g/mol. The average Bonchev–Trinajstić information content (AvgIpc) is 2.88. The lowest BCUT2D eigenvalue weighted by molar-refractivity contribution is -0.103. The molecule has 0 N–H and O–H groups in total. The highest BCUT2D eigenvalue weighted by molar-refractivity contribution is 6.19. The Labute approximate surface area is 175 Å². The number of hydrogen-bond acceptors (Lipinski definition) is 3. The van der Waals surface area contributed by atoms with E-state index < -0.39 is 0 Å². The van der Waals surface area contributed by atoms with Gasteiger partial charge in [-0.15, -0.1) is 0 Å². The summed E-state index contributed by atoms with van der Waals surface area (Å²) in [6, 6.07) is 16.4. The molecule has 154 valence electrons. The van der Waals surface area contributed by atoms with Gasteiger partial charge in [-0.25, -0.2) is 0 Å². The Bertz CT molecular complexity index is 840. The molecule has 3 nitrogen and oxygen atoms in total. The van der Waals surface area contributed by atoms with Gasteiger partial charge in [0.05, 0.1) is 18.4 Å². The van der Waals surface area contributed by atoms with Gasteiger partial charge in [-0.1, -0.05) is 82.2 Å². The summed E-state index contributed by atoms with van der Waals surface area (Å²) >= 11 is 0. The number of rotatable bonds is 11. The van der Waals surface area contributed by atoms with Crippen molar-refractivity contribution in [3.8, 4) is 0 Å². The SMILES string of the molecule is CCCCCCCCCCN1c2ccccc2C(C=O)=C(OC)c2ccccc21. The maximum Gasteiger partial charge on any atom is 0.154 e. The fraction of sp³-hybridized carbons (Fsp3) is 0.423. The number of allylic oxidation sites excluding steroid dienone is 1. The molecule has 0 radical (unpaired) electrons. The number of benzene rings is 2. The number of nitrogens with zero attached hydrogens (tertiary/aromatic N) is 1. The van der Waals surface area contributed by atoms with E-state index in [9.17, 15) is 4.79 Å². The lowest BCUT2D eigenvalue weighted by Gasteiger charge is -2.27. The van der Waals surface area contributed by atoms with Gasteiger partial charge in [-0.05, 0) is 24.6 Å².